The predicted octanol–water partition coefficient (Wildman–Crippen LogP) is 21.8. The number of amides is 1. The van der Waals surface area contributed by atoms with Crippen LogP contribution in [0.15, 0.2) is 134 Å². The van der Waals surface area contributed by atoms with Crippen LogP contribution in [0.4, 0.5) is 0 Å². The number of phosphoric ester groups is 1. The normalized spacial score (nSPS) is 14.4. The Kier molecular flexibility index (Phi) is 61.3. The monoisotopic (exact) mass is 1210 g/mol. The van der Waals surface area contributed by atoms with Crippen LogP contribution < -0.4 is 10.2 Å². The van der Waals surface area contributed by atoms with Crippen molar-refractivity contribution in [3.8, 4) is 0 Å². The maximum atomic E-state index is 13.6. The maximum Gasteiger partial charge on any atom is 0.306 e. The van der Waals surface area contributed by atoms with Gasteiger partial charge in [-0.05, 0) is 128 Å². The molecule has 0 bridgehead atoms. The van der Waals surface area contributed by atoms with Gasteiger partial charge in [-0.1, -0.05) is 277 Å². The number of nitrogens with one attached hydrogen (secondary N) is 1. The number of nitrogens with zero attached hydrogens (tertiary/aromatic N) is 1. The van der Waals surface area contributed by atoms with Crippen LogP contribution >= 0.6 is 7.82 Å². The number of esters is 1. The minimum atomic E-state index is -4.72. The van der Waals surface area contributed by atoms with Crippen LogP contribution in [0.5, 0.6) is 0 Å². The number of carbonyl (C=O) groups excluding carboxylic acids is 2. The lowest BCUT2D eigenvalue weighted by molar-refractivity contribution is -0.870. The van der Waals surface area contributed by atoms with Gasteiger partial charge in [-0.25, -0.2) is 0 Å². The van der Waals surface area contributed by atoms with Gasteiger partial charge in [-0.15, -0.1) is 0 Å². The molecule has 0 saturated carbocycles. The molecule has 1 amide bonds. The SMILES string of the molecule is CC/C=C\C/C=C\C/C=C\C/C=C\C/C=C\C/C=C\CCCCCCCCC(=O)NC(COP(=O)([O-])OCC[N+](C)(C)C)C(/C=C/CCCCCCCCCCCC)OC(=O)CCCCCCCCC/C=C\C/C=C\C/C=C\C/C=C\CCCCC. The summed E-state index contributed by atoms with van der Waals surface area (Å²) in [5.41, 5.74) is 0. The first kappa shape index (κ1) is 82.1. The summed E-state index contributed by atoms with van der Waals surface area (Å²) in [5.74, 6) is -0.576. The lowest BCUT2D eigenvalue weighted by Gasteiger charge is -2.30. The number of carbonyl (C=O) groups is 2. The number of phosphoric acid groups is 1. The number of likely N-dealkylation sites (N-methyl/N-ethyl adjacent to an activating group) is 1. The number of rotatable bonds is 62. The molecule has 0 aliphatic heterocycles. The van der Waals surface area contributed by atoms with Crippen LogP contribution in [-0.4, -0.2) is 69.4 Å². The minimum absolute atomic E-state index is 0.0346. The van der Waals surface area contributed by atoms with Crippen LogP contribution in [0.25, 0.3) is 0 Å². The second kappa shape index (κ2) is 64.1. The van der Waals surface area contributed by atoms with E-state index in [2.05, 4.69) is 148 Å². The van der Waals surface area contributed by atoms with E-state index >= 15 is 0 Å². The molecular formula is C76H131N2O7P. The van der Waals surface area contributed by atoms with Gasteiger partial charge in [0.1, 0.15) is 19.3 Å². The quantitative estimate of drug-likeness (QED) is 0.0212. The summed E-state index contributed by atoms with van der Waals surface area (Å²) in [6, 6.07) is -0.912. The van der Waals surface area contributed by atoms with Crippen molar-refractivity contribution in [2.24, 2.45) is 0 Å². The fourth-order valence-corrected chi connectivity index (χ4v) is 10.2. The lowest BCUT2D eigenvalue weighted by Crippen LogP contribution is -2.47. The molecule has 10 heteroatoms. The molecule has 86 heavy (non-hydrogen) atoms. The van der Waals surface area contributed by atoms with Gasteiger partial charge >= 0.3 is 5.97 Å². The number of ether oxygens (including phenoxy) is 1. The molecule has 1 N–H and O–H groups in total. The molecule has 0 aliphatic carbocycles. The zero-order valence-electron chi connectivity index (χ0n) is 56.2. The number of hydrogen-bond acceptors (Lipinski definition) is 7. The largest absolute Gasteiger partial charge is 0.756 e. The molecule has 0 saturated heterocycles. The third kappa shape index (κ3) is 64.6. The molecule has 0 aromatic carbocycles. The van der Waals surface area contributed by atoms with Crippen molar-refractivity contribution in [1.29, 1.82) is 0 Å². The number of allylic oxidation sites excluding steroid dienone is 21. The van der Waals surface area contributed by atoms with Crippen molar-refractivity contribution >= 4 is 19.7 Å². The molecule has 0 rings (SSSR count). The standard InChI is InChI=1S/C76H131N2O7P/c1-7-10-13-16-19-22-25-28-30-32-34-36-38-39-41-42-44-46-48-50-53-56-59-62-65-68-75(79)77-73(72-84-86(81,82)83-71-70-78(4,5)6)74(67-64-61-58-55-52-27-24-21-18-15-12-9-3)85-76(80)69-66-63-60-57-54-51-49-47-45-43-40-37-35-33-31-29-26-23-20-17-14-11-8-2/h10,13,19-20,22-23,28-31,34-37,39,41,43-46,64,67,73-74H,7-9,11-12,14-18,21,24-27,32-33,38,40,42,47-63,65-66,68-72H2,1-6H3,(H-,77,79,81,82)/b13-10-,22-19-,23-20-,30-28-,31-29-,36-34-,37-35-,41-39-,45-43-,46-44-,67-64+. The maximum absolute atomic E-state index is 13.6. The minimum Gasteiger partial charge on any atom is -0.756 e. The Hall–Kier alpha value is -3.85. The third-order valence-electron chi connectivity index (χ3n) is 14.8. The molecule has 3 atom stereocenters. The van der Waals surface area contributed by atoms with Gasteiger partial charge in [0.15, 0.2) is 0 Å². The molecule has 0 radical (unpaired) electrons. The van der Waals surface area contributed by atoms with E-state index in [9.17, 15) is 19.0 Å². The van der Waals surface area contributed by atoms with Crippen LogP contribution in [0.1, 0.15) is 284 Å². The van der Waals surface area contributed by atoms with Gasteiger partial charge in [-0.3, -0.25) is 14.2 Å². The Balaban J connectivity index is 5.18. The zero-order chi connectivity index (χ0) is 62.8. The summed E-state index contributed by atoms with van der Waals surface area (Å²) < 4.78 is 30.4. The first-order valence-corrected chi connectivity index (χ1v) is 36.5. The molecule has 0 spiro atoms. The lowest BCUT2D eigenvalue weighted by atomic mass is 10.0. The molecule has 3 unspecified atom stereocenters. The molecule has 0 fully saturated rings. The molecule has 0 aliphatic rings. The van der Waals surface area contributed by atoms with Gasteiger partial charge in [-0.2, -0.15) is 0 Å². The summed E-state index contributed by atoms with van der Waals surface area (Å²) in [7, 11) is 1.15. The average molecular weight is 1220 g/mol. The van der Waals surface area contributed by atoms with Crippen molar-refractivity contribution in [3.05, 3.63) is 134 Å². The van der Waals surface area contributed by atoms with Crippen LogP contribution in [0.3, 0.4) is 0 Å². The van der Waals surface area contributed by atoms with Crippen LogP contribution in [0.2, 0.25) is 0 Å². The van der Waals surface area contributed by atoms with E-state index in [-0.39, 0.29) is 31.3 Å². The summed E-state index contributed by atoms with van der Waals surface area (Å²) >= 11 is 0. The first-order chi connectivity index (χ1) is 41.9. The smallest absolute Gasteiger partial charge is 0.306 e. The third-order valence-corrected chi connectivity index (χ3v) is 15.8. The van der Waals surface area contributed by atoms with Gasteiger partial charge in [0.05, 0.1) is 33.8 Å². The summed E-state index contributed by atoms with van der Waals surface area (Å²) in [6.45, 7) is 6.68. The second-order valence-corrected chi connectivity index (χ2v) is 25.7. The molecule has 0 heterocycles. The van der Waals surface area contributed by atoms with Crippen LogP contribution in [-0.2, 0) is 27.9 Å². The van der Waals surface area contributed by atoms with Crippen molar-refractivity contribution in [2.75, 3.05) is 40.9 Å². The van der Waals surface area contributed by atoms with E-state index in [0.29, 0.717) is 23.9 Å². The van der Waals surface area contributed by atoms with E-state index < -0.39 is 26.6 Å². The number of unbranched alkanes of at least 4 members (excludes halogenated alkanes) is 26. The van der Waals surface area contributed by atoms with E-state index in [0.717, 1.165) is 141 Å². The summed E-state index contributed by atoms with van der Waals surface area (Å²) in [4.78, 5) is 40.2. The Labute approximate surface area is 530 Å². The first-order valence-electron chi connectivity index (χ1n) is 35.0. The Morgan fingerprint density at radius 2 is 0.744 bits per heavy atom. The highest BCUT2D eigenvalue weighted by molar-refractivity contribution is 7.45. The van der Waals surface area contributed by atoms with Gasteiger partial charge < -0.3 is 28.5 Å². The van der Waals surface area contributed by atoms with Gasteiger partial charge in [0.2, 0.25) is 5.91 Å². The highest BCUT2D eigenvalue weighted by Gasteiger charge is 2.27. The Morgan fingerprint density at radius 3 is 1.14 bits per heavy atom. The number of quaternary nitrogens is 1. The predicted molar refractivity (Wildman–Crippen MR) is 371 cm³/mol. The van der Waals surface area contributed by atoms with E-state index in [1.165, 1.54) is 96.3 Å². The second-order valence-electron chi connectivity index (χ2n) is 24.3. The van der Waals surface area contributed by atoms with Crippen molar-refractivity contribution in [1.82, 2.24) is 5.32 Å². The van der Waals surface area contributed by atoms with E-state index in [1.807, 2.05) is 33.3 Å². The molecule has 492 valence electrons. The zero-order valence-corrected chi connectivity index (χ0v) is 57.1. The molecule has 0 aromatic rings. The topological polar surface area (TPSA) is 114 Å². The fourth-order valence-electron chi connectivity index (χ4n) is 9.45. The highest BCUT2D eigenvalue weighted by Crippen LogP contribution is 2.38. The Bertz CT molecular complexity index is 1930. The summed E-state index contributed by atoms with van der Waals surface area (Å²) in [6.07, 6.45) is 91.3. The molecule has 0 aromatic heterocycles. The van der Waals surface area contributed by atoms with E-state index in [4.69, 9.17) is 13.8 Å². The fraction of sp³-hybridized carbons (Fsp3) is 0.684. The van der Waals surface area contributed by atoms with Gasteiger partial charge in [0, 0.05) is 12.8 Å². The summed E-state index contributed by atoms with van der Waals surface area (Å²) in [5, 5.41) is 3.03. The van der Waals surface area contributed by atoms with E-state index in [1.54, 1.807) is 0 Å². The number of hydrogen-bond donors (Lipinski definition) is 1. The molecular weight excluding hydrogens is 1080 g/mol. The molecule has 9 nitrogen and oxygen atoms in total. The van der Waals surface area contributed by atoms with Crippen LogP contribution in [0, 0.1) is 0 Å². The van der Waals surface area contributed by atoms with Crippen molar-refractivity contribution < 1.29 is 37.3 Å². The highest BCUT2D eigenvalue weighted by atomic mass is 31.2. The van der Waals surface area contributed by atoms with Crippen molar-refractivity contribution in [2.45, 2.75) is 296 Å². The van der Waals surface area contributed by atoms with Crippen molar-refractivity contribution in [3.63, 3.8) is 0 Å². The average Bonchev–Trinajstić information content (AvgIpc) is 3.69. The Morgan fingerprint density at radius 1 is 0.419 bits per heavy atom. The van der Waals surface area contributed by atoms with Gasteiger partial charge in [0.25, 0.3) is 7.82 Å².